The fraction of sp³-hybridized carbons (Fsp3) is 0.579. The molecule has 1 heterocycles. The van der Waals surface area contributed by atoms with Gasteiger partial charge in [0.05, 0.1) is 11.6 Å². The first kappa shape index (κ1) is 20.5. The summed E-state index contributed by atoms with van der Waals surface area (Å²) in [5, 5.41) is 3.56. The molecule has 26 heavy (non-hydrogen) atoms. The zero-order valence-corrected chi connectivity index (χ0v) is 16.6. The van der Waals surface area contributed by atoms with E-state index in [1.807, 2.05) is 45.0 Å². The first-order valence-electron chi connectivity index (χ1n) is 8.96. The summed E-state index contributed by atoms with van der Waals surface area (Å²) in [6.07, 6.45) is 1.63. The van der Waals surface area contributed by atoms with E-state index in [4.69, 9.17) is 22.1 Å². The number of nitrogens with one attached hydrogen (secondary N) is 1. The molecule has 1 fully saturated rings. The Balaban J connectivity index is 1.75. The van der Waals surface area contributed by atoms with Gasteiger partial charge in [-0.2, -0.15) is 0 Å². The topological polar surface area (TPSA) is 80.0 Å². The molecule has 0 bridgehead atoms. The van der Waals surface area contributed by atoms with Crippen LogP contribution >= 0.6 is 11.6 Å². The number of benzene rings is 1. The van der Waals surface area contributed by atoms with Gasteiger partial charge in [0, 0.05) is 25.7 Å². The van der Waals surface area contributed by atoms with E-state index in [1.165, 1.54) is 5.56 Å². The van der Waals surface area contributed by atoms with Crippen molar-refractivity contribution in [2.75, 3.05) is 19.0 Å². The van der Waals surface area contributed by atoms with Crippen molar-refractivity contribution < 1.29 is 9.53 Å². The molecule has 1 aliphatic rings. The third-order valence-electron chi connectivity index (χ3n) is 4.09. The van der Waals surface area contributed by atoms with Crippen LogP contribution in [-0.2, 0) is 11.3 Å². The van der Waals surface area contributed by atoms with Crippen molar-refractivity contribution in [1.82, 2.24) is 10.2 Å². The van der Waals surface area contributed by atoms with Crippen molar-refractivity contribution in [2.45, 2.75) is 51.8 Å². The van der Waals surface area contributed by atoms with Crippen LogP contribution in [0.4, 0.5) is 10.5 Å². The zero-order valence-electron chi connectivity index (χ0n) is 15.8. The molecule has 144 valence electrons. The molecule has 6 nitrogen and oxygen atoms in total. The van der Waals surface area contributed by atoms with E-state index in [9.17, 15) is 4.79 Å². The molecule has 1 aromatic rings. The number of nitrogens with zero attached hydrogens (tertiary/aromatic N) is 2. The number of halogens is 1. The summed E-state index contributed by atoms with van der Waals surface area (Å²) >= 11 is 5.63. The lowest BCUT2D eigenvalue weighted by Gasteiger charge is -2.33. The molecule has 2 rings (SSSR count). The highest BCUT2D eigenvalue weighted by Crippen LogP contribution is 2.17. The van der Waals surface area contributed by atoms with Gasteiger partial charge in [0.15, 0.2) is 0 Å². The molecule has 0 spiro atoms. The van der Waals surface area contributed by atoms with Gasteiger partial charge in [-0.1, -0.05) is 12.1 Å². The average molecular weight is 381 g/mol. The lowest BCUT2D eigenvalue weighted by molar-refractivity contribution is 0.0198. The smallest absolute Gasteiger partial charge is 0.410 e. The van der Waals surface area contributed by atoms with Gasteiger partial charge < -0.3 is 20.7 Å². The SMILES string of the molecule is CC(C)(C)OC(=O)N1CCC(NCc2ccc(N=C(N)CCl)cc2)CC1. The second kappa shape index (κ2) is 9.24. The number of carbonyl (C=O) groups is 1. The molecule has 0 unspecified atom stereocenters. The minimum absolute atomic E-state index is 0.219. The third-order valence-corrected chi connectivity index (χ3v) is 4.36. The number of hydrogen-bond donors (Lipinski definition) is 2. The summed E-state index contributed by atoms with van der Waals surface area (Å²) in [6.45, 7) is 7.89. The van der Waals surface area contributed by atoms with Crippen LogP contribution < -0.4 is 11.1 Å². The maximum atomic E-state index is 12.1. The lowest BCUT2D eigenvalue weighted by Crippen LogP contribution is -2.46. The van der Waals surface area contributed by atoms with E-state index in [1.54, 1.807) is 4.90 Å². The van der Waals surface area contributed by atoms with Crippen molar-refractivity contribution in [3.8, 4) is 0 Å². The number of hydrogen-bond acceptors (Lipinski definition) is 4. The van der Waals surface area contributed by atoms with Crippen LogP contribution in [0.2, 0.25) is 0 Å². The Labute approximate surface area is 160 Å². The first-order chi connectivity index (χ1) is 12.3. The van der Waals surface area contributed by atoms with Crippen LogP contribution in [0.3, 0.4) is 0 Å². The maximum absolute atomic E-state index is 12.1. The molecule has 1 amide bonds. The van der Waals surface area contributed by atoms with Crippen LogP contribution in [0.1, 0.15) is 39.2 Å². The summed E-state index contributed by atoms with van der Waals surface area (Å²) in [4.78, 5) is 18.1. The average Bonchev–Trinajstić information content (AvgIpc) is 2.60. The highest BCUT2D eigenvalue weighted by Gasteiger charge is 2.26. The first-order valence-corrected chi connectivity index (χ1v) is 9.49. The largest absolute Gasteiger partial charge is 0.444 e. The van der Waals surface area contributed by atoms with Crippen molar-refractivity contribution in [2.24, 2.45) is 10.7 Å². The Morgan fingerprint density at radius 3 is 2.46 bits per heavy atom. The standard InChI is InChI=1S/C19H29ClN4O2/c1-19(2,3)26-18(25)24-10-8-15(9-11-24)22-13-14-4-6-16(7-5-14)23-17(21)12-20/h4-7,15,22H,8-13H2,1-3H3,(H2,21,23). The molecule has 0 aliphatic carbocycles. The lowest BCUT2D eigenvalue weighted by atomic mass is 10.0. The fourth-order valence-electron chi connectivity index (χ4n) is 2.74. The van der Waals surface area contributed by atoms with Gasteiger partial charge in [-0.05, 0) is 51.3 Å². The number of rotatable bonds is 5. The van der Waals surface area contributed by atoms with Crippen LogP contribution in [0, 0.1) is 0 Å². The van der Waals surface area contributed by atoms with E-state index < -0.39 is 5.60 Å². The zero-order chi connectivity index (χ0) is 19.2. The quantitative estimate of drug-likeness (QED) is 0.466. The number of alkyl halides is 1. The molecule has 7 heteroatoms. The van der Waals surface area contributed by atoms with Crippen molar-refractivity contribution in [3.63, 3.8) is 0 Å². The number of ether oxygens (including phenoxy) is 1. The van der Waals surface area contributed by atoms with E-state index in [-0.39, 0.29) is 12.0 Å². The summed E-state index contributed by atoms with van der Waals surface area (Å²) < 4.78 is 5.43. The number of amides is 1. The Morgan fingerprint density at radius 1 is 1.31 bits per heavy atom. The summed E-state index contributed by atoms with van der Waals surface area (Å²) in [6, 6.07) is 8.33. The van der Waals surface area contributed by atoms with Crippen molar-refractivity contribution in [3.05, 3.63) is 29.8 Å². The Morgan fingerprint density at radius 2 is 1.92 bits per heavy atom. The van der Waals surface area contributed by atoms with Gasteiger partial charge in [-0.15, -0.1) is 11.6 Å². The van der Waals surface area contributed by atoms with Crippen molar-refractivity contribution in [1.29, 1.82) is 0 Å². The maximum Gasteiger partial charge on any atom is 0.410 e. The molecular weight excluding hydrogens is 352 g/mol. The van der Waals surface area contributed by atoms with Gasteiger partial charge in [-0.3, -0.25) is 0 Å². The Bertz CT molecular complexity index is 617. The second-order valence-electron chi connectivity index (χ2n) is 7.53. The van der Waals surface area contributed by atoms with E-state index in [2.05, 4.69) is 10.3 Å². The van der Waals surface area contributed by atoms with Gasteiger partial charge in [0.2, 0.25) is 0 Å². The van der Waals surface area contributed by atoms with Crippen LogP contribution in [0.5, 0.6) is 0 Å². The van der Waals surface area contributed by atoms with Crippen LogP contribution in [0.25, 0.3) is 0 Å². The minimum Gasteiger partial charge on any atom is -0.444 e. The van der Waals surface area contributed by atoms with Crippen LogP contribution in [0.15, 0.2) is 29.3 Å². The molecule has 1 saturated heterocycles. The van der Waals surface area contributed by atoms with E-state index >= 15 is 0 Å². The molecule has 0 atom stereocenters. The Hall–Kier alpha value is -1.79. The summed E-state index contributed by atoms with van der Waals surface area (Å²) in [5.41, 5.74) is 7.17. The van der Waals surface area contributed by atoms with Crippen LogP contribution in [-0.4, -0.2) is 47.4 Å². The van der Waals surface area contributed by atoms with Gasteiger partial charge in [0.1, 0.15) is 11.4 Å². The molecular formula is C19H29ClN4O2. The molecule has 0 aromatic heterocycles. The second-order valence-corrected chi connectivity index (χ2v) is 7.79. The third kappa shape index (κ3) is 6.84. The molecule has 1 aromatic carbocycles. The summed E-state index contributed by atoms with van der Waals surface area (Å²) in [7, 11) is 0. The summed E-state index contributed by atoms with van der Waals surface area (Å²) in [5.74, 6) is 0.639. The molecule has 3 N–H and O–H groups in total. The molecule has 0 radical (unpaired) electrons. The number of amidine groups is 1. The monoisotopic (exact) mass is 380 g/mol. The Kier molecular flexibility index (Phi) is 7.29. The van der Waals surface area contributed by atoms with Gasteiger partial charge >= 0.3 is 6.09 Å². The predicted molar refractivity (Wildman–Crippen MR) is 106 cm³/mol. The number of likely N-dealkylation sites (tertiary alicyclic amines) is 1. The predicted octanol–water partition coefficient (Wildman–Crippen LogP) is 3.40. The minimum atomic E-state index is -0.448. The highest BCUT2D eigenvalue weighted by atomic mass is 35.5. The number of carbonyl (C=O) groups excluding carboxylic acids is 1. The van der Waals surface area contributed by atoms with Gasteiger partial charge in [-0.25, -0.2) is 9.79 Å². The van der Waals surface area contributed by atoms with E-state index in [0.717, 1.165) is 38.2 Å². The van der Waals surface area contributed by atoms with E-state index in [0.29, 0.717) is 11.9 Å². The van der Waals surface area contributed by atoms with Gasteiger partial charge in [0.25, 0.3) is 0 Å². The highest BCUT2D eigenvalue weighted by molar-refractivity contribution is 6.28. The number of nitrogens with two attached hydrogens (primary N) is 1. The van der Waals surface area contributed by atoms with Crippen molar-refractivity contribution >= 4 is 29.2 Å². The number of piperidine rings is 1. The normalized spacial score (nSPS) is 16.6. The number of aliphatic imine (C=N–C) groups is 1. The fourth-order valence-corrected chi connectivity index (χ4v) is 2.80. The molecule has 0 saturated carbocycles. The molecule has 1 aliphatic heterocycles.